The van der Waals surface area contributed by atoms with Crippen LogP contribution in [-0.2, 0) is 9.53 Å². The molecular weight excluding hydrogens is 368 g/mol. The van der Waals surface area contributed by atoms with E-state index >= 15 is 0 Å². The van der Waals surface area contributed by atoms with Gasteiger partial charge >= 0.3 is 5.97 Å². The van der Waals surface area contributed by atoms with Gasteiger partial charge in [0.2, 0.25) is 0 Å². The van der Waals surface area contributed by atoms with Gasteiger partial charge in [-0.2, -0.15) is 0 Å². The number of carbonyl (C=O) groups is 1. The zero-order chi connectivity index (χ0) is 22.0. The maximum Gasteiger partial charge on any atom is 0.305 e. The van der Waals surface area contributed by atoms with Gasteiger partial charge in [-0.1, -0.05) is 108 Å². The first-order valence-electron chi connectivity index (χ1n) is 13.2. The van der Waals surface area contributed by atoms with Gasteiger partial charge in [0.05, 0.1) is 6.61 Å². The van der Waals surface area contributed by atoms with E-state index in [-0.39, 0.29) is 5.97 Å². The molecule has 0 heterocycles. The number of carbonyl (C=O) groups excluding carboxylic acids is 1. The van der Waals surface area contributed by atoms with E-state index in [1.807, 2.05) is 12.2 Å². The summed E-state index contributed by atoms with van der Waals surface area (Å²) in [5.41, 5.74) is 0. The van der Waals surface area contributed by atoms with Crippen molar-refractivity contribution in [2.45, 2.75) is 141 Å². The third-order valence-corrected chi connectivity index (χ3v) is 5.85. The van der Waals surface area contributed by atoms with Gasteiger partial charge in [0, 0.05) is 6.42 Å². The highest BCUT2D eigenvalue weighted by Gasteiger charge is 2.02. The van der Waals surface area contributed by atoms with Crippen molar-refractivity contribution < 1.29 is 9.53 Å². The van der Waals surface area contributed by atoms with E-state index in [0.717, 1.165) is 19.3 Å². The Bertz CT molecular complexity index is 375. The van der Waals surface area contributed by atoms with Crippen LogP contribution in [0.3, 0.4) is 0 Å². The summed E-state index contributed by atoms with van der Waals surface area (Å²) in [6.45, 7) is 8.15. The van der Waals surface area contributed by atoms with E-state index in [9.17, 15) is 4.79 Å². The zero-order valence-electron chi connectivity index (χ0n) is 20.1. The number of ether oxygens (including phenoxy) is 1. The fourth-order valence-electron chi connectivity index (χ4n) is 3.86. The molecule has 0 unspecified atom stereocenters. The topological polar surface area (TPSA) is 26.3 Å². The number of hydrogen-bond donors (Lipinski definition) is 0. The molecule has 0 atom stereocenters. The molecule has 0 saturated heterocycles. The third-order valence-electron chi connectivity index (χ3n) is 5.85. The quantitative estimate of drug-likeness (QED) is 0.0834. The third kappa shape index (κ3) is 25.0. The minimum absolute atomic E-state index is 0.00803. The maximum absolute atomic E-state index is 11.8. The van der Waals surface area contributed by atoms with Crippen LogP contribution in [0.2, 0.25) is 0 Å². The zero-order valence-corrected chi connectivity index (χ0v) is 20.1. The van der Waals surface area contributed by atoms with Crippen molar-refractivity contribution in [2.24, 2.45) is 0 Å². The molecule has 0 rings (SSSR count). The number of esters is 1. The summed E-state index contributed by atoms with van der Waals surface area (Å²) in [7, 11) is 0. The van der Waals surface area contributed by atoms with Gasteiger partial charge in [-0.15, -0.1) is 13.2 Å². The van der Waals surface area contributed by atoms with Crippen molar-refractivity contribution in [1.29, 1.82) is 0 Å². The monoisotopic (exact) mass is 420 g/mol. The lowest BCUT2D eigenvalue weighted by atomic mass is 10.1. The molecule has 0 aliphatic rings. The summed E-state index contributed by atoms with van der Waals surface area (Å²) >= 11 is 0. The Morgan fingerprint density at radius 1 is 0.500 bits per heavy atom. The SMILES string of the molecule is C=CCCCCCCCCCCCCOC(=O)CCCCCCCCCCCC=C. The van der Waals surface area contributed by atoms with Gasteiger partial charge in [0.15, 0.2) is 0 Å². The molecule has 0 aliphatic carbocycles. The fourth-order valence-corrected chi connectivity index (χ4v) is 3.86. The molecule has 0 aromatic carbocycles. The first kappa shape index (κ1) is 28.9. The molecular formula is C28H52O2. The highest BCUT2D eigenvalue weighted by atomic mass is 16.5. The van der Waals surface area contributed by atoms with Crippen LogP contribution in [0.4, 0.5) is 0 Å². The molecule has 2 heteroatoms. The number of rotatable bonds is 25. The van der Waals surface area contributed by atoms with E-state index in [0.29, 0.717) is 13.0 Å². The molecule has 0 radical (unpaired) electrons. The molecule has 2 nitrogen and oxygen atoms in total. The largest absolute Gasteiger partial charge is 0.466 e. The Hall–Kier alpha value is -1.05. The average Bonchev–Trinajstić information content (AvgIpc) is 2.75. The molecule has 30 heavy (non-hydrogen) atoms. The van der Waals surface area contributed by atoms with E-state index in [1.54, 1.807) is 0 Å². The molecule has 0 aromatic rings. The maximum atomic E-state index is 11.8. The summed E-state index contributed by atoms with van der Waals surface area (Å²) in [4.78, 5) is 11.8. The fraction of sp³-hybridized carbons (Fsp3) is 0.821. The van der Waals surface area contributed by atoms with Gasteiger partial charge in [0.1, 0.15) is 0 Å². The molecule has 0 aromatic heterocycles. The highest BCUT2D eigenvalue weighted by Crippen LogP contribution is 2.13. The first-order valence-corrected chi connectivity index (χ1v) is 13.2. The molecule has 0 spiro atoms. The number of hydrogen-bond acceptors (Lipinski definition) is 2. The van der Waals surface area contributed by atoms with Crippen molar-refractivity contribution in [2.75, 3.05) is 6.61 Å². The molecule has 0 saturated carbocycles. The van der Waals surface area contributed by atoms with Crippen molar-refractivity contribution in [1.82, 2.24) is 0 Å². The lowest BCUT2D eigenvalue weighted by molar-refractivity contribution is -0.143. The Balaban J connectivity index is 3.15. The number of unbranched alkanes of at least 4 members (excludes halogenated alkanes) is 19. The van der Waals surface area contributed by atoms with Gasteiger partial charge in [-0.25, -0.2) is 0 Å². The standard InChI is InChI=1S/C28H52O2/c1-3-5-7-9-11-13-15-17-19-21-23-25-27-30-28(29)26-24-22-20-18-16-14-12-10-8-6-4-2/h3-4H,1-2,5-27H2. The second-order valence-corrected chi connectivity index (χ2v) is 8.84. The van der Waals surface area contributed by atoms with E-state index in [1.165, 1.54) is 116 Å². The second kappa shape index (κ2) is 26.0. The molecule has 0 amide bonds. The van der Waals surface area contributed by atoms with Crippen LogP contribution in [0.15, 0.2) is 25.3 Å². The van der Waals surface area contributed by atoms with Crippen LogP contribution in [-0.4, -0.2) is 12.6 Å². The van der Waals surface area contributed by atoms with Gasteiger partial charge in [-0.3, -0.25) is 4.79 Å². The Morgan fingerprint density at radius 3 is 1.23 bits per heavy atom. The normalized spacial score (nSPS) is 10.8. The van der Waals surface area contributed by atoms with Crippen LogP contribution in [0, 0.1) is 0 Å². The van der Waals surface area contributed by atoms with E-state index in [4.69, 9.17) is 4.74 Å². The summed E-state index contributed by atoms with van der Waals surface area (Å²) in [6.07, 6.45) is 31.4. The molecule has 176 valence electrons. The van der Waals surface area contributed by atoms with Crippen LogP contribution < -0.4 is 0 Å². The van der Waals surface area contributed by atoms with Crippen molar-refractivity contribution in [3.05, 3.63) is 25.3 Å². The van der Waals surface area contributed by atoms with Crippen LogP contribution in [0.25, 0.3) is 0 Å². The van der Waals surface area contributed by atoms with Gasteiger partial charge in [-0.05, 0) is 38.5 Å². The van der Waals surface area contributed by atoms with Gasteiger partial charge in [0.25, 0.3) is 0 Å². The highest BCUT2D eigenvalue weighted by molar-refractivity contribution is 5.69. The molecule has 0 bridgehead atoms. The van der Waals surface area contributed by atoms with Crippen molar-refractivity contribution in [3.8, 4) is 0 Å². The smallest absolute Gasteiger partial charge is 0.305 e. The summed E-state index contributed by atoms with van der Waals surface area (Å²) in [6, 6.07) is 0. The Labute approximate surface area is 188 Å². The summed E-state index contributed by atoms with van der Waals surface area (Å²) < 4.78 is 5.37. The lowest BCUT2D eigenvalue weighted by Crippen LogP contribution is -2.05. The van der Waals surface area contributed by atoms with Crippen LogP contribution in [0.5, 0.6) is 0 Å². The minimum atomic E-state index is 0.00803. The second-order valence-electron chi connectivity index (χ2n) is 8.84. The summed E-state index contributed by atoms with van der Waals surface area (Å²) in [5, 5.41) is 0. The minimum Gasteiger partial charge on any atom is -0.466 e. The first-order chi connectivity index (χ1) is 14.8. The molecule has 0 aliphatic heterocycles. The van der Waals surface area contributed by atoms with Crippen molar-refractivity contribution >= 4 is 5.97 Å². The number of allylic oxidation sites excluding steroid dienone is 2. The molecule has 0 N–H and O–H groups in total. The van der Waals surface area contributed by atoms with Crippen molar-refractivity contribution in [3.63, 3.8) is 0 Å². The van der Waals surface area contributed by atoms with E-state index < -0.39 is 0 Å². The van der Waals surface area contributed by atoms with Crippen LogP contribution >= 0.6 is 0 Å². The van der Waals surface area contributed by atoms with Gasteiger partial charge < -0.3 is 4.74 Å². The lowest BCUT2D eigenvalue weighted by Gasteiger charge is -2.05. The predicted molar refractivity (Wildman–Crippen MR) is 133 cm³/mol. The van der Waals surface area contributed by atoms with Crippen LogP contribution in [0.1, 0.15) is 141 Å². The average molecular weight is 421 g/mol. The Kier molecular flexibility index (Phi) is 25.1. The van der Waals surface area contributed by atoms with E-state index in [2.05, 4.69) is 13.2 Å². The summed E-state index contributed by atoms with van der Waals surface area (Å²) in [5.74, 6) is 0.00803. The Morgan fingerprint density at radius 2 is 0.833 bits per heavy atom. The predicted octanol–water partition coefficient (Wildman–Crippen LogP) is 9.48. The molecule has 0 fully saturated rings.